The van der Waals surface area contributed by atoms with Crippen LogP contribution < -0.4 is 15.0 Å². The minimum Gasteiger partial charge on any atom is -0.490 e. The van der Waals surface area contributed by atoms with Crippen LogP contribution in [-0.2, 0) is 19.9 Å². The van der Waals surface area contributed by atoms with Gasteiger partial charge in [-0.25, -0.2) is 16.8 Å². The first kappa shape index (κ1) is 27.6. The first-order valence-electron chi connectivity index (χ1n) is 12.6. The fraction of sp³-hybridized carbons (Fsp3) is 0.207. The largest absolute Gasteiger partial charge is 0.490 e. The Morgan fingerprint density at radius 3 is 1.93 bits per heavy atom. The zero-order chi connectivity index (χ0) is 28.3. The van der Waals surface area contributed by atoms with Crippen LogP contribution in [0.4, 0.5) is 0 Å². The van der Waals surface area contributed by atoms with Crippen LogP contribution in [-0.4, -0.2) is 51.2 Å². The average Bonchev–Trinajstić information content (AvgIpc) is 2.94. The molecule has 0 radical (unpaired) electrons. The molecule has 40 heavy (non-hydrogen) atoms. The maximum absolute atomic E-state index is 13.2. The van der Waals surface area contributed by atoms with Gasteiger partial charge in [-0.2, -0.15) is 4.31 Å². The number of hydrogen-bond donors (Lipinski definition) is 0. The molecule has 5 rings (SSSR count). The average molecular weight is 581 g/mol. The third kappa shape index (κ3) is 6.27. The first-order chi connectivity index (χ1) is 19.1. The van der Waals surface area contributed by atoms with Gasteiger partial charge in [-0.1, -0.05) is 18.2 Å². The normalized spacial score (nSPS) is 15.0. The molecule has 4 aromatic rings. The molecule has 0 spiro atoms. The molecular weight excluding hydrogens is 552 g/mol. The number of sulfone groups is 1. The standard InChI is InChI=1S/C29H28N2O7S2/c1-39(33,34)27-11-7-22(8-12-27)31-20-17-26(21-29(31)32)38-25-15-18-30(19-16-25)40(35,36)28-13-9-24(10-14-28)37-23-5-3-2-4-6-23/h2-14,17,20-21,25H,15-16,18-19H2,1H3. The molecule has 0 N–H and O–H groups in total. The predicted molar refractivity (Wildman–Crippen MR) is 151 cm³/mol. The second-order valence-corrected chi connectivity index (χ2v) is 13.4. The molecule has 0 aliphatic carbocycles. The van der Waals surface area contributed by atoms with Gasteiger partial charge in [0, 0.05) is 37.3 Å². The van der Waals surface area contributed by atoms with Crippen molar-refractivity contribution in [3.8, 4) is 22.9 Å². The Labute approximate surface area is 233 Å². The zero-order valence-electron chi connectivity index (χ0n) is 21.7. The highest BCUT2D eigenvalue weighted by Crippen LogP contribution is 2.27. The van der Waals surface area contributed by atoms with Crippen LogP contribution in [0.15, 0.2) is 112 Å². The summed E-state index contributed by atoms with van der Waals surface area (Å²) in [7, 11) is -7.00. The Hall–Kier alpha value is -3.93. The van der Waals surface area contributed by atoms with Crippen molar-refractivity contribution in [2.24, 2.45) is 0 Å². The number of pyridine rings is 1. The molecule has 11 heteroatoms. The van der Waals surface area contributed by atoms with Crippen molar-refractivity contribution >= 4 is 19.9 Å². The highest BCUT2D eigenvalue weighted by molar-refractivity contribution is 7.90. The molecule has 0 unspecified atom stereocenters. The van der Waals surface area contributed by atoms with Crippen molar-refractivity contribution in [1.82, 2.24) is 8.87 Å². The summed E-state index contributed by atoms with van der Waals surface area (Å²) >= 11 is 0. The Bertz CT molecular complexity index is 1740. The summed E-state index contributed by atoms with van der Waals surface area (Å²) < 4.78 is 64.3. The minimum absolute atomic E-state index is 0.173. The van der Waals surface area contributed by atoms with Crippen LogP contribution >= 0.6 is 0 Å². The molecule has 1 fully saturated rings. The van der Waals surface area contributed by atoms with Gasteiger partial charge in [0.1, 0.15) is 23.4 Å². The van der Waals surface area contributed by atoms with Crippen LogP contribution in [0.3, 0.4) is 0 Å². The Morgan fingerprint density at radius 1 is 0.725 bits per heavy atom. The lowest BCUT2D eigenvalue weighted by Crippen LogP contribution is -2.41. The highest BCUT2D eigenvalue weighted by atomic mass is 32.2. The van der Waals surface area contributed by atoms with E-state index in [4.69, 9.17) is 9.47 Å². The Kier molecular flexibility index (Phi) is 7.79. The van der Waals surface area contributed by atoms with E-state index < -0.39 is 19.9 Å². The predicted octanol–water partition coefficient (Wildman–Crippen LogP) is 4.27. The van der Waals surface area contributed by atoms with E-state index in [0.717, 1.165) is 6.26 Å². The number of nitrogens with zero attached hydrogens (tertiary/aromatic N) is 2. The lowest BCUT2D eigenvalue weighted by Gasteiger charge is -2.31. The number of benzene rings is 3. The Morgan fingerprint density at radius 2 is 1.32 bits per heavy atom. The molecule has 1 aromatic heterocycles. The van der Waals surface area contributed by atoms with Crippen molar-refractivity contribution in [3.05, 3.63) is 108 Å². The summed E-state index contributed by atoms with van der Waals surface area (Å²) in [5.74, 6) is 1.61. The smallest absolute Gasteiger partial charge is 0.258 e. The Balaban J connectivity index is 1.18. The molecule has 0 saturated carbocycles. The topological polar surface area (TPSA) is 112 Å². The van der Waals surface area contributed by atoms with Crippen LogP contribution in [0, 0.1) is 0 Å². The third-order valence-corrected chi connectivity index (χ3v) is 9.62. The van der Waals surface area contributed by atoms with E-state index in [-0.39, 0.29) is 21.5 Å². The summed E-state index contributed by atoms with van der Waals surface area (Å²) in [5, 5.41) is 0. The number of hydrogen-bond acceptors (Lipinski definition) is 7. The van der Waals surface area contributed by atoms with Crippen LogP contribution in [0.25, 0.3) is 5.69 Å². The number of sulfonamides is 1. The van der Waals surface area contributed by atoms with E-state index in [0.29, 0.717) is 48.9 Å². The van der Waals surface area contributed by atoms with Crippen molar-refractivity contribution in [2.75, 3.05) is 19.3 Å². The van der Waals surface area contributed by atoms with Crippen molar-refractivity contribution < 1.29 is 26.3 Å². The summed E-state index contributed by atoms with van der Waals surface area (Å²) in [6.45, 7) is 0.581. The molecule has 3 aromatic carbocycles. The number of piperidine rings is 1. The van der Waals surface area contributed by atoms with Gasteiger partial charge >= 0.3 is 0 Å². The van der Waals surface area contributed by atoms with Gasteiger partial charge < -0.3 is 9.47 Å². The second kappa shape index (κ2) is 11.3. The van der Waals surface area contributed by atoms with E-state index >= 15 is 0 Å². The molecule has 0 bridgehead atoms. The molecular formula is C29H28N2O7S2. The van der Waals surface area contributed by atoms with Gasteiger partial charge in [0.2, 0.25) is 10.0 Å². The summed E-state index contributed by atoms with van der Waals surface area (Å²) in [5.41, 5.74) is 0.200. The first-order valence-corrected chi connectivity index (χ1v) is 16.0. The third-order valence-electron chi connectivity index (χ3n) is 6.58. The molecule has 0 atom stereocenters. The number of ether oxygens (including phenoxy) is 2. The molecule has 1 saturated heterocycles. The minimum atomic E-state index is -3.67. The van der Waals surface area contributed by atoms with Crippen LogP contribution in [0.1, 0.15) is 12.8 Å². The SMILES string of the molecule is CS(=O)(=O)c1ccc(-n2ccc(OC3CCN(S(=O)(=O)c4ccc(Oc5ccccc5)cc4)CC3)cc2=O)cc1. The van der Waals surface area contributed by atoms with Crippen LogP contribution in [0.2, 0.25) is 0 Å². The van der Waals surface area contributed by atoms with Gasteiger partial charge in [0.15, 0.2) is 9.84 Å². The fourth-order valence-electron chi connectivity index (χ4n) is 4.44. The van der Waals surface area contributed by atoms with Gasteiger partial charge in [-0.15, -0.1) is 0 Å². The fourth-order valence-corrected chi connectivity index (χ4v) is 6.54. The van der Waals surface area contributed by atoms with E-state index in [1.165, 1.54) is 27.1 Å². The lowest BCUT2D eigenvalue weighted by atomic mass is 10.1. The molecule has 208 valence electrons. The van der Waals surface area contributed by atoms with Crippen molar-refractivity contribution in [3.63, 3.8) is 0 Å². The lowest BCUT2D eigenvalue weighted by molar-refractivity contribution is 0.135. The zero-order valence-corrected chi connectivity index (χ0v) is 23.3. The quantitative estimate of drug-likeness (QED) is 0.306. The van der Waals surface area contributed by atoms with Crippen molar-refractivity contribution in [1.29, 1.82) is 0 Å². The number of aromatic nitrogens is 1. The summed E-state index contributed by atoms with van der Waals surface area (Å²) in [6.07, 6.45) is 3.41. The van der Waals surface area contributed by atoms with E-state index in [2.05, 4.69) is 0 Å². The van der Waals surface area contributed by atoms with Crippen LogP contribution in [0.5, 0.6) is 17.2 Å². The molecule has 1 aliphatic heterocycles. The summed E-state index contributed by atoms with van der Waals surface area (Å²) in [6, 6.07) is 24.7. The van der Waals surface area contributed by atoms with Gasteiger partial charge in [0.25, 0.3) is 5.56 Å². The van der Waals surface area contributed by atoms with Gasteiger partial charge in [0.05, 0.1) is 9.79 Å². The highest BCUT2D eigenvalue weighted by Gasteiger charge is 2.30. The molecule has 2 heterocycles. The number of para-hydroxylation sites is 1. The number of rotatable bonds is 8. The second-order valence-electron chi connectivity index (χ2n) is 9.44. The molecule has 9 nitrogen and oxygen atoms in total. The maximum atomic E-state index is 13.2. The monoisotopic (exact) mass is 580 g/mol. The van der Waals surface area contributed by atoms with Crippen molar-refractivity contribution in [2.45, 2.75) is 28.7 Å². The van der Waals surface area contributed by atoms with E-state index in [1.807, 2.05) is 30.3 Å². The van der Waals surface area contributed by atoms with E-state index in [9.17, 15) is 21.6 Å². The molecule has 0 amide bonds. The summed E-state index contributed by atoms with van der Waals surface area (Å²) in [4.78, 5) is 13.1. The van der Waals surface area contributed by atoms with Gasteiger partial charge in [-0.3, -0.25) is 9.36 Å². The molecule has 1 aliphatic rings. The van der Waals surface area contributed by atoms with Gasteiger partial charge in [-0.05, 0) is 79.6 Å². The maximum Gasteiger partial charge on any atom is 0.258 e. The van der Waals surface area contributed by atoms with E-state index in [1.54, 1.807) is 48.7 Å².